The van der Waals surface area contributed by atoms with Crippen LogP contribution in [-0.4, -0.2) is 20.7 Å². The zero-order chi connectivity index (χ0) is 18.8. The molecule has 1 amide bonds. The van der Waals surface area contributed by atoms with Crippen molar-refractivity contribution in [3.63, 3.8) is 0 Å². The van der Waals surface area contributed by atoms with E-state index in [1.54, 1.807) is 6.20 Å². The normalized spacial score (nSPS) is 12.5. The molecule has 136 valence electrons. The van der Waals surface area contributed by atoms with Gasteiger partial charge in [-0.1, -0.05) is 36.8 Å². The second-order valence-electron chi connectivity index (χ2n) is 7.08. The van der Waals surface area contributed by atoms with Gasteiger partial charge in [-0.3, -0.25) is 4.79 Å². The van der Waals surface area contributed by atoms with Crippen LogP contribution in [-0.2, 0) is 0 Å². The fourth-order valence-corrected chi connectivity index (χ4v) is 3.16. The van der Waals surface area contributed by atoms with Crippen molar-refractivity contribution in [2.45, 2.75) is 53.1 Å². The summed E-state index contributed by atoms with van der Waals surface area (Å²) in [5.41, 5.74) is 4.53. The van der Waals surface area contributed by atoms with Gasteiger partial charge in [-0.2, -0.15) is 5.10 Å². The molecule has 0 radical (unpaired) electrons. The smallest absolute Gasteiger partial charge is 0.252 e. The predicted octanol–water partition coefficient (Wildman–Crippen LogP) is 4.51. The molecule has 1 unspecified atom stereocenters. The first-order chi connectivity index (χ1) is 12.4. The Hall–Kier alpha value is -2.69. The van der Waals surface area contributed by atoms with Gasteiger partial charge in [0.2, 0.25) is 0 Å². The van der Waals surface area contributed by atoms with E-state index in [0.29, 0.717) is 5.56 Å². The number of aryl methyl sites for hydroxylation is 2. The Morgan fingerprint density at radius 3 is 2.50 bits per heavy atom. The quantitative estimate of drug-likeness (QED) is 0.736. The van der Waals surface area contributed by atoms with Gasteiger partial charge < -0.3 is 5.32 Å². The maximum Gasteiger partial charge on any atom is 0.252 e. The Kier molecular flexibility index (Phi) is 5.07. The van der Waals surface area contributed by atoms with Crippen molar-refractivity contribution in [1.82, 2.24) is 20.1 Å². The first-order valence-corrected chi connectivity index (χ1v) is 9.13. The lowest BCUT2D eigenvalue weighted by atomic mass is 10.0. The fourth-order valence-electron chi connectivity index (χ4n) is 3.16. The average molecular weight is 350 g/mol. The van der Waals surface area contributed by atoms with Crippen LogP contribution in [0.4, 0.5) is 0 Å². The molecule has 2 aromatic heterocycles. The Bertz CT molecular complexity index is 925. The molecule has 26 heavy (non-hydrogen) atoms. The van der Waals surface area contributed by atoms with Crippen molar-refractivity contribution in [3.8, 4) is 0 Å². The SMILES string of the molecule is CCC(NC(=O)c1cc(C)nc2c1cnn2C(C)C)c1ccc(C)cc1. The van der Waals surface area contributed by atoms with Gasteiger partial charge in [0.1, 0.15) is 0 Å². The monoisotopic (exact) mass is 350 g/mol. The zero-order valence-electron chi connectivity index (χ0n) is 16.1. The number of benzene rings is 1. The van der Waals surface area contributed by atoms with Crippen molar-refractivity contribution in [2.24, 2.45) is 0 Å². The lowest BCUT2D eigenvalue weighted by molar-refractivity contribution is 0.0937. The maximum atomic E-state index is 13.0. The number of amides is 1. The molecule has 3 aromatic rings. The fraction of sp³-hybridized carbons (Fsp3) is 0.381. The topological polar surface area (TPSA) is 59.8 Å². The number of nitrogens with one attached hydrogen (secondary N) is 1. The number of carbonyl (C=O) groups is 1. The predicted molar refractivity (Wildman–Crippen MR) is 104 cm³/mol. The zero-order valence-corrected chi connectivity index (χ0v) is 16.1. The Labute approximate surface area is 154 Å². The van der Waals surface area contributed by atoms with Crippen LogP contribution in [0.3, 0.4) is 0 Å². The van der Waals surface area contributed by atoms with Gasteiger partial charge in [-0.25, -0.2) is 9.67 Å². The number of rotatable bonds is 5. The van der Waals surface area contributed by atoms with Crippen molar-refractivity contribution in [1.29, 1.82) is 0 Å². The standard InChI is InChI=1S/C21H26N4O/c1-6-19(16-9-7-14(4)8-10-16)24-21(26)17-11-15(5)23-20-18(17)12-22-25(20)13(2)3/h7-13,19H,6H2,1-5H3,(H,24,26). The lowest BCUT2D eigenvalue weighted by Gasteiger charge is -2.18. The lowest BCUT2D eigenvalue weighted by Crippen LogP contribution is -2.28. The molecule has 0 aliphatic rings. The molecular weight excluding hydrogens is 324 g/mol. The summed E-state index contributed by atoms with van der Waals surface area (Å²) in [5, 5.41) is 8.39. The number of pyridine rings is 1. The molecule has 0 spiro atoms. The highest BCUT2D eigenvalue weighted by atomic mass is 16.1. The Morgan fingerprint density at radius 2 is 1.88 bits per heavy atom. The minimum absolute atomic E-state index is 0.0215. The summed E-state index contributed by atoms with van der Waals surface area (Å²) in [5.74, 6) is -0.0868. The number of carbonyl (C=O) groups excluding carboxylic acids is 1. The van der Waals surface area contributed by atoms with Gasteiger partial charge in [-0.05, 0) is 45.7 Å². The van der Waals surface area contributed by atoms with Crippen LogP contribution < -0.4 is 5.32 Å². The molecular formula is C21H26N4O. The van der Waals surface area contributed by atoms with Crippen LogP contribution >= 0.6 is 0 Å². The number of fused-ring (bicyclic) bond motifs is 1. The van der Waals surface area contributed by atoms with Gasteiger partial charge in [0, 0.05) is 11.7 Å². The first kappa shape index (κ1) is 18.1. The largest absolute Gasteiger partial charge is 0.345 e. The van der Waals surface area contributed by atoms with Crippen LogP contribution in [0.25, 0.3) is 11.0 Å². The van der Waals surface area contributed by atoms with Crippen molar-refractivity contribution in [2.75, 3.05) is 0 Å². The van der Waals surface area contributed by atoms with Crippen LogP contribution in [0.5, 0.6) is 0 Å². The third-order valence-corrected chi connectivity index (χ3v) is 4.62. The highest BCUT2D eigenvalue weighted by molar-refractivity contribution is 6.05. The second-order valence-corrected chi connectivity index (χ2v) is 7.08. The molecule has 3 rings (SSSR count). The number of nitrogens with zero attached hydrogens (tertiary/aromatic N) is 3. The summed E-state index contributed by atoms with van der Waals surface area (Å²) in [6.07, 6.45) is 2.57. The molecule has 0 bridgehead atoms. The number of hydrogen-bond acceptors (Lipinski definition) is 3. The molecule has 0 saturated carbocycles. The third kappa shape index (κ3) is 3.47. The maximum absolute atomic E-state index is 13.0. The molecule has 0 aliphatic carbocycles. The van der Waals surface area contributed by atoms with Gasteiger partial charge in [0.25, 0.3) is 5.91 Å². The van der Waals surface area contributed by atoms with Gasteiger partial charge in [0.15, 0.2) is 5.65 Å². The highest BCUT2D eigenvalue weighted by Gasteiger charge is 2.19. The van der Waals surface area contributed by atoms with E-state index in [2.05, 4.69) is 67.4 Å². The van der Waals surface area contributed by atoms with E-state index in [9.17, 15) is 4.79 Å². The summed E-state index contributed by atoms with van der Waals surface area (Å²) in [4.78, 5) is 17.6. The van der Waals surface area contributed by atoms with E-state index >= 15 is 0 Å². The van der Waals surface area contributed by atoms with E-state index in [-0.39, 0.29) is 18.0 Å². The van der Waals surface area contributed by atoms with Crippen LogP contribution in [0.1, 0.15) is 66.5 Å². The van der Waals surface area contributed by atoms with Gasteiger partial charge >= 0.3 is 0 Å². The molecule has 0 fully saturated rings. The molecule has 5 nitrogen and oxygen atoms in total. The van der Waals surface area contributed by atoms with E-state index in [1.807, 2.05) is 17.7 Å². The Morgan fingerprint density at radius 1 is 1.19 bits per heavy atom. The van der Waals surface area contributed by atoms with Gasteiger partial charge in [0.05, 0.1) is 23.2 Å². The van der Waals surface area contributed by atoms with E-state index in [4.69, 9.17) is 0 Å². The molecule has 0 saturated heterocycles. The van der Waals surface area contributed by atoms with Crippen LogP contribution in [0, 0.1) is 13.8 Å². The third-order valence-electron chi connectivity index (χ3n) is 4.62. The van der Waals surface area contributed by atoms with E-state index in [0.717, 1.165) is 28.7 Å². The summed E-state index contributed by atoms with van der Waals surface area (Å²) < 4.78 is 1.86. The van der Waals surface area contributed by atoms with Crippen molar-refractivity contribution >= 4 is 16.9 Å². The minimum atomic E-state index is -0.0868. The summed E-state index contributed by atoms with van der Waals surface area (Å²) in [7, 11) is 0. The summed E-state index contributed by atoms with van der Waals surface area (Å²) in [6.45, 7) is 10.2. The second kappa shape index (κ2) is 7.28. The number of hydrogen-bond donors (Lipinski definition) is 1. The average Bonchev–Trinajstić information content (AvgIpc) is 3.03. The van der Waals surface area contributed by atoms with Crippen molar-refractivity contribution in [3.05, 3.63) is 58.9 Å². The molecule has 5 heteroatoms. The molecule has 2 heterocycles. The molecule has 1 atom stereocenters. The Balaban J connectivity index is 1.95. The molecule has 0 aliphatic heterocycles. The van der Waals surface area contributed by atoms with E-state index in [1.165, 1.54) is 5.56 Å². The van der Waals surface area contributed by atoms with Crippen LogP contribution in [0.15, 0.2) is 36.5 Å². The summed E-state index contributed by atoms with van der Waals surface area (Å²) >= 11 is 0. The summed E-state index contributed by atoms with van der Waals surface area (Å²) in [6, 6.07) is 10.3. The number of aromatic nitrogens is 3. The molecule has 1 aromatic carbocycles. The van der Waals surface area contributed by atoms with E-state index < -0.39 is 0 Å². The van der Waals surface area contributed by atoms with Crippen molar-refractivity contribution < 1.29 is 4.79 Å². The molecule has 1 N–H and O–H groups in total. The van der Waals surface area contributed by atoms with Crippen LogP contribution in [0.2, 0.25) is 0 Å². The van der Waals surface area contributed by atoms with Gasteiger partial charge in [-0.15, -0.1) is 0 Å². The minimum Gasteiger partial charge on any atom is -0.345 e. The highest BCUT2D eigenvalue weighted by Crippen LogP contribution is 2.23. The first-order valence-electron chi connectivity index (χ1n) is 9.13.